The van der Waals surface area contributed by atoms with E-state index in [9.17, 15) is 20.0 Å². The highest BCUT2D eigenvalue weighted by Gasteiger charge is 2.25. The van der Waals surface area contributed by atoms with Gasteiger partial charge in [-0.1, -0.05) is 32.0 Å². The first-order valence-electron chi connectivity index (χ1n) is 9.59. The van der Waals surface area contributed by atoms with Crippen molar-refractivity contribution in [1.82, 2.24) is 0 Å². The van der Waals surface area contributed by atoms with E-state index < -0.39 is 16.8 Å². The molecule has 28 heavy (non-hydrogen) atoms. The summed E-state index contributed by atoms with van der Waals surface area (Å²) in [5.74, 6) is -0.0800. The van der Waals surface area contributed by atoms with Gasteiger partial charge in [0.2, 0.25) is 0 Å². The largest absolute Gasteiger partial charge is 0.493 e. The van der Waals surface area contributed by atoms with Crippen LogP contribution in [0.25, 0.3) is 11.1 Å². The molecule has 1 unspecified atom stereocenters. The van der Waals surface area contributed by atoms with E-state index in [1.807, 2.05) is 19.9 Å². The fraction of sp³-hybridized carbons (Fsp3) is 0.409. The number of benzene rings is 2. The first-order valence-corrected chi connectivity index (χ1v) is 9.59. The van der Waals surface area contributed by atoms with Crippen molar-refractivity contribution in [2.45, 2.75) is 39.0 Å². The van der Waals surface area contributed by atoms with E-state index in [0.29, 0.717) is 41.4 Å². The second kappa shape index (κ2) is 8.42. The molecule has 148 valence electrons. The number of nitro groups is 1. The summed E-state index contributed by atoms with van der Waals surface area (Å²) in [5, 5.41) is 20.9. The van der Waals surface area contributed by atoms with Gasteiger partial charge in [0.1, 0.15) is 5.75 Å². The van der Waals surface area contributed by atoms with Gasteiger partial charge in [0.25, 0.3) is 5.69 Å². The molecule has 0 aromatic heterocycles. The maximum atomic E-state index is 11.8. The Bertz CT molecular complexity index is 873. The van der Waals surface area contributed by atoms with Crippen molar-refractivity contribution < 1.29 is 19.6 Å². The smallest absolute Gasteiger partial charge is 0.310 e. The van der Waals surface area contributed by atoms with E-state index in [4.69, 9.17) is 4.74 Å². The Hall–Kier alpha value is -2.89. The van der Waals surface area contributed by atoms with Gasteiger partial charge < -0.3 is 9.84 Å². The average molecular weight is 383 g/mol. The molecule has 0 saturated heterocycles. The second-order valence-corrected chi connectivity index (χ2v) is 7.84. The van der Waals surface area contributed by atoms with E-state index in [1.165, 1.54) is 12.1 Å². The molecule has 1 saturated carbocycles. The van der Waals surface area contributed by atoms with Crippen LogP contribution < -0.4 is 4.74 Å². The zero-order chi connectivity index (χ0) is 20.3. The summed E-state index contributed by atoms with van der Waals surface area (Å²) >= 11 is 0. The number of ether oxygens (including phenoxy) is 1. The number of carboxylic acid groups (broad SMARTS) is 1. The molecule has 3 rings (SSSR count). The predicted octanol–water partition coefficient (Wildman–Crippen LogP) is 5.26. The molecule has 0 bridgehead atoms. The van der Waals surface area contributed by atoms with Crippen LogP contribution in [0.3, 0.4) is 0 Å². The normalized spacial score (nSPS) is 14.7. The lowest BCUT2D eigenvalue weighted by atomic mass is 9.88. The summed E-state index contributed by atoms with van der Waals surface area (Å²) in [6.45, 7) is 4.59. The molecule has 1 fully saturated rings. The standard InChI is InChI=1S/C22H25NO5/c1-14(2)10-20(22(24)25)17-8-9-21(28-13-15-6-7-15)19(12-17)16-4-3-5-18(11-16)23(26)27/h3-5,8-9,11-12,14-15,20H,6-7,10,13H2,1-2H3,(H,24,25). The van der Waals surface area contributed by atoms with Gasteiger partial charge >= 0.3 is 5.97 Å². The highest BCUT2D eigenvalue weighted by molar-refractivity contribution is 5.79. The van der Waals surface area contributed by atoms with Crippen LogP contribution in [0.4, 0.5) is 5.69 Å². The van der Waals surface area contributed by atoms with E-state index in [1.54, 1.807) is 24.3 Å². The zero-order valence-corrected chi connectivity index (χ0v) is 16.1. The van der Waals surface area contributed by atoms with Gasteiger partial charge in [0.05, 0.1) is 17.4 Å². The van der Waals surface area contributed by atoms with Crippen molar-refractivity contribution in [2.75, 3.05) is 6.61 Å². The number of carboxylic acids is 1. The Kier molecular flexibility index (Phi) is 5.97. The molecule has 0 amide bonds. The Balaban J connectivity index is 2.03. The predicted molar refractivity (Wildman–Crippen MR) is 107 cm³/mol. The maximum absolute atomic E-state index is 11.8. The van der Waals surface area contributed by atoms with Crippen LogP contribution in [0.1, 0.15) is 44.6 Å². The van der Waals surface area contributed by atoms with Crippen LogP contribution in [0.15, 0.2) is 42.5 Å². The summed E-state index contributed by atoms with van der Waals surface area (Å²) < 4.78 is 5.97. The molecular formula is C22H25NO5. The van der Waals surface area contributed by atoms with Crippen molar-refractivity contribution >= 4 is 11.7 Å². The lowest BCUT2D eigenvalue weighted by Crippen LogP contribution is -2.14. The summed E-state index contributed by atoms with van der Waals surface area (Å²) in [6, 6.07) is 11.8. The van der Waals surface area contributed by atoms with Gasteiger partial charge in [-0.05, 0) is 54.4 Å². The second-order valence-electron chi connectivity index (χ2n) is 7.84. The third-order valence-electron chi connectivity index (χ3n) is 4.95. The molecule has 1 aliphatic rings. The van der Waals surface area contributed by atoms with Gasteiger partial charge in [0, 0.05) is 17.7 Å². The third kappa shape index (κ3) is 4.88. The van der Waals surface area contributed by atoms with Crippen LogP contribution in [0.2, 0.25) is 0 Å². The topological polar surface area (TPSA) is 89.7 Å². The van der Waals surface area contributed by atoms with Crippen molar-refractivity contribution in [3.63, 3.8) is 0 Å². The van der Waals surface area contributed by atoms with Gasteiger partial charge in [-0.2, -0.15) is 0 Å². The molecule has 2 aromatic rings. The van der Waals surface area contributed by atoms with Gasteiger partial charge in [0.15, 0.2) is 0 Å². The van der Waals surface area contributed by atoms with Crippen LogP contribution in [-0.2, 0) is 4.79 Å². The number of carbonyl (C=O) groups is 1. The third-order valence-corrected chi connectivity index (χ3v) is 4.95. The number of nitro benzene ring substituents is 1. The fourth-order valence-electron chi connectivity index (χ4n) is 3.25. The summed E-state index contributed by atoms with van der Waals surface area (Å²) in [7, 11) is 0. The van der Waals surface area contributed by atoms with Crippen molar-refractivity contribution in [3.8, 4) is 16.9 Å². The van der Waals surface area contributed by atoms with Gasteiger partial charge in [-0.25, -0.2) is 0 Å². The molecule has 0 aliphatic heterocycles. The molecule has 0 heterocycles. The number of non-ortho nitro benzene ring substituents is 1. The highest BCUT2D eigenvalue weighted by Crippen LogP contribution is 2.37. The molecule has 6 heteroatoms. The maximum Gasteiger partial charge on any atom is 0.310 e. The van der Waals surface area contributed by atoms with Crippen molar-refractivity contribution in [3.05, 3.63) is 58.1 Å². The molecule has 6 nitrogen and oxygen atoms in total. The monoisotopic (exact) mass is 383 g/mol. The first-order chi connectivity index (χ1) is 13.3. The SMILES string of the molecule is CC(C)CC(C(=O)O)c1ccc(OCC2CC2)c(-c2cccc([N+](=O)[O-])c2)c1. The van der Waals surface area contributed by atoms with Crippen LogP contribution in [-0.4, -0.2) is 22.6 Å². The minimum absolute atomic E-state index is 0.00647. The minimum atomic E-state index is -0.870. The minimum Gasteiger partial charge on any atom is -0.493 e. The van der Waals surface area contributed by atoms with E-state index in [0.717, 1.165) is 12.8 Å². The number of rotatable bonds is 9. The van der Waals surface area contributed by atoms with Crippen LogP contribution in [0.5, 0.6) is 5.75 Å². The number of nitrogens with zero attached hydrogens (tertiary/aromatic N) is 1. The molecule has 0 spiro atoms. The summed E-state index contributed by atoms with van der Waals surface area (Å²) in [6.07, 6.45) is 2.82. The molecular weight excluding hydrogens is 358 g/mol. The number of hydrogen-bond acceptors (Lipinski definition) is 4. The van der Waals surface area contributed by atoms with Crippen molar-refractivity contribution in [2.24, 2.45) is 11.8 Å². The lowest BCUT2D eigenvalue weighted by molar-refractivity contribution is -0.384. The Labute approximate surface area is 164 Å². The van der Waals surface area contributed by atoms with E-state index in [2.05, 4.69) is 0 Å². The molecule has 0 radical (unpaired) electrons. The highest BCUT2D eigenvalue weighted by atomic mass is 16.6. The van der Waals surface area contributed by atoms with Crippen molar-refractivity contribution in [1.29, 1.82) is 0 Å². The summed E-state index contributed by atoms with van der Waals surface area (Å²) in [5.41, 5.74) is 2.02. The summed E-state index contributed by atoms with van der Waals surface area (Å²) in [4.78, 5) is 22.6. The molecule has 1 N–H and O–H groups in total. The van der Waals surface area contributed by atoms with Gasteiger partial charge in [-0.15, -0.1) is 0 Å². The molecule has 2 aromatic carbocycles. The molecule has 1 aliphatic carbocycles. The van der Waals surface area contributed by atoms with Crippen LogP contribution >= 0.6 is 0 Å². The number of aliphatic carboxylic acids is 1. The lowest BCUT2D eigenvalue weighted by Gasteiger charge is -2.18. The van der Waals surface area contributed by atoms with E-state index >= 15 is 0 Å². The Morgan fingerprint density at radius 1 is 1.25 bits per heavy atom. The first kappa shape index (κ1) is 19.9. The Morgan fingerprint density at radius 2 is 2.00 bits per heavy atom. The van der Waals surface area contributed by atoms with Gasteiger partial charge in [-0.3, -0.25) is 14.9 Å². The van der Waals surface area contributed by atoms with E-state index in [-0.39, 0.29) is 11.6 Å². The zero-order valence-electron chi connectivity index (χ0n) is 16.1. The van der Waals surface area contributed by atoms with Crippen LogP contribution in [0, 0.1) is 22.0 Å². The quantitative estimate of drug-likeness (QED) is 0.471. The number of hydrogen-bond donors (Lipinski definition) is 1. The fourth-order valence-corrected chi connectivity index (χ4v) is 3.25. The average Bonchev–Trinajstić information content (AvgIpc) is 3.48. The Morgan fingerprint density at radius 3 is 2.61 bits per heavy atom. The molecule has 1 atom stereocenters.